The van der Waals surface area contributed by atoms with Crippen molar-refractivity contribution in [3.05, 3.63) is 42.0 Å². The van der Waals surface area contributed by atoms with Crippen LogP contribution in [0.2, 0.25) is 0 Å². The fourth-order valence-corrected chi connectivity index (χ4v) is 4.20. The molecule has 1 amide bonds. The molecule has 0 aromatic heterocycles. The third kappa shape index (κ3) is 2.56. The molecule has 0 spiro atoms. The fraction of sp³-hybridized carbons (Fsp3) is 0.400. The van der Waals surface area contributed by atoms with E-state index in [4.69, 9.17) is 0 Å². The van der Waals surface area contributed by atoms with Crippen LogP contribution in [-0.4, -0.2) is 16.7 Å². The van der Waals surface area contributed by atoms with Crippen molar-refractivity contribution in [3.63, 3.8) is 0 Å². The number of phenolic OH excluding ortho intramolecular Hbond substituents is 1. The molecule has 2 saturated carbocycles. The van der Waals surface area contributed by atoms with Gasteiger partial charge in [-0.2, -0.15) is 5.10 Å². The summed E-state index contributed by atoms with van der Waals surface area (Å²) in [7, 11) is 0. The van der Waals surface area contributed by atoms with Gasteiger partial charge in [-0.3, -0.25) is 4.79 Å². The van der Waals surface area contributed by atoms with Crippen LogP contribution in [0.4, 0.5) is 0 Å². The molecule has 0 saturated heterocycles. The Balaban J connectivity index is 1.51. The summed E-state index contributed by atoms with van der Waals surface area (Å²) in [5.74, 6) is 1.54. The maximum absolute atomic E-state index is 12.3. The van der Waals surface area contributed by atoms with Crippen LogP contribution >= 0.6 is 0 Å². The standard InChI is InChI=1S/C20H22N2O2/c1-12(14-11-10-13-6-2-3-7-15(13)19(14)23)21-22-20(24)18-16-8-4-5-9-17(16)18/h2-3,6-7,10-11,16-18,23H,4-5,8-9H2,1H3,(H,22,24)/b21-12+/t16-,17+,18?. The lowest BCUT2D eigenvalue weighted by molar-refractivity contribution is -0.122. The number of nitrogens with one attached hydrogen (secondary N) is 1. The van der Waals surface area contributed by atoms with Crippen molar-refractivity contribution in [2.24, 2.45) is 22.9 Å². The molecule has 24 heavy (non-hydrogen) atoms. The van der Waals surface area contributed by atoms with Crippen LogP contribution in [0.15, 0.2) is 41.5 Å². The fourth-order valence-electron chi connectivity index (χ4n) is 4.20. The third-order valence-electron chi connectivity index (χ3n) is 5.58. The number of rotatable bonds is 3. The number of hydrogen-bond acceptors (Lipinski definition) is 3. The van der Waals surface area contributed by atoms with Gasteiger partial charge in [-0.05, 0) is 43.1 Å². The second kappa shape index (κ2) is 5.93. The van der Waals surface area contributed by atoms with E-state index in [9.17, 15) is 9.90 Å². The molecule has 4 rings (SSSR count). The van der Waals surface area contributed by atoms with Crippen molar-refractivity contribution in [1.29, 1.82) is 0 Å². The van der Waals surface area contributed by atoms with E-state index < -0.39 is 0 Å². The molecular weight excluding hydrogens is 300 g/mol. The second-order valence-corrected chi connectivity index (χ2v) is 6.99. The number of hydrazone groups is 1. The molecule has 3 atom stereocenters. The normalized spacial score (nSPS) is 26.0. The Morgan fingerprint density at radius 1 is 1.12 bits per heavy atom. The molecule has 0 bridgehead atoms. The van der Waals surface area contributed by atoms with Crippen LogP contribution in [0.3, 0.4) is 0 Å². The number of fused-ring (bicyclic) bond motifs is 2. The predicted octanol–water partition coefficient (Wildman–Crippen LogP) is 3.82. The number of nitrogens with zero attached hydrogens (tertiary/aromatic N) is 1. The molecule has 124 valence electrons. The number of aromatic hydroxyl groups is 1. The Hall–Kier alpha value is -2.36. The van der Waals surface area contributed by atoms with E-state index in [0.717, 1.165) is 10.8 Å². The van der Waals surface area contributed by atoms with Gasteiger partial charge in [0.25, 0.3) is 0 Å². The van der Waals surface area contributed by atoms with Crippen LogP contribution < -0.4 is 5.43 Å². The van der Waals surface area contributed by atoms with Crippen molar-refractivity contribution >= 4 is 22.4 Å². The molecule has 4 heteroatoms. The second-order valence-electron chi connectivity index (χ2n) is 6.99. The Bertz CT molecular complexity index is 815. The van der Waals surface area contributed by atoms with Crippen molar-refractivity contribution in [3.8, 4) is 5.75 Å². The smallest absolute Gasteiger partial charge is 0.243 e. The summed E-state index contributed by atoms with van der Waals surface area (Å²) in [5.41, 5.74) is 3.99. The zero-order chi connectivity index (χ0) is 16.7. The molecule has 2 aromatic rings. The van der Waals surface area contributed by atoms with E-state index in [1.807, 2.05) is 43.3 Å². The molecule has 0 radical (unpaired) electrons. The molecule has 0 heterocycles. The average molecular weight is 322 g/mol. The lowest BCUT2D eigenvalue weighted by Crippen LogP contribution is -2.22. The van der Waals surface area contributed by atoms with Crippen molar-refractivity contribution < 1.29 is 9.90 Å². The zero-order valence-corrected chi connectivity index (χ0v) is 13.8. The van der Waals surface area contributed by atoms with E-state index in [2.05, 4.69) is 10.5 Å². The molecule has 4 nitrogen and oxygen atoms in total. The van der Waals surface area contributed by atoms with Gasteiger partial charge in [-0.25, -0.2) is 5.43 Å². The zero-order valence-electron chi connectivity index (χ0n) is 13.8. The van der Waals surface area contributed by atoms with Crippen molar-refractivity contribution in [1.82, 2.24) is 5.43 Å². The van der Waals surface area contributed by atoms with Gasteiger partial charge in [0.2, 0.25) is 5.91 Å². The minimum Gasteiger partial charge on any atom is -0.507 e. The highest BCUT2D eigenvalue weighted by Gasteiger charge is 2.54. The third-order valence-corrected chi connectivity index (χ3v) is 5.58. The largest absolute Gasteiger partial charge is 0.507 e. The SMILES string of the molecule is C/C(=N\NC(=O)C1[C@H]2CCCC[C@@H]12)c1ccc2ccccc2c1O. The van der Waals surface area contributed by atoms with E-state index in [1.54, 1.807) is 0 Å². The Kier molecular flexibility index (Phi) is 3.75. The van der Waals surface area contributed by atoms with Crippen LogP contribution in [0.5, 0.6) is 5.75 Å². The molecule has 2 aliphatic rings. The van der Waals surface area contributed by atoms with Gasteiger partial charge >= 0.3 is 0 Å². The number of amides is 1. The van der Waals surface area contributed by atoms with E-state index in [-0.39, 0.29) is 17.6 Å². The lowest BCUT2D eigenvalue weighted by Gasteiger charge is -2.08. The van der Waals surface area contributed by atoms with Gasteiger partial charge in [-0.1, -0.05) is 43.2 Å². The summed E-state index contributed by atoms with van der Waals surface area (Å²) in [5, 5.41) is 16.5. The average Bonchev–Trinajstić information content (AvgIpc) is 3.34. The van der Waals surface area contributed by atoms with Gasteiger partial charge in [0.05, 0.1) is 5.71 Å². The van der Waals surface area contributed by atoms with Crippen LogP contribution in [-0.2, 0) is 4.79 Å². The molecule has 2 N–H and O–H groups in total. The van der Waals surface area contributed by atoms with Gasteiger partial charge in [0.1, 0.15) is 5.75 Å². The van der Waals surface area contributed by atoms with Crippen LogP contribution in [0.25, 0.3) is 10.8 Å². The summed E-state index contributed by atoms with van der Waals surface area (Å²) in [4.78, 5) is 12.3. The number of phenols is 1. The van der Waals surface area contributed by atoms with Crippen LogP contribution in [0, 0.1) is 17.8 Å². The van der Waals surface area contributed by atoms with Crippen molar-refractivity contribution in [2.75, 3.05) is 0 Å². The Morgan fingerprint density at radius 2 is 1.83 bits per heavy atom. The monoisotopic (exact) mass is 322 g/mol. The highest BCUT2D eigenvalue weighted by atomic mass is 16.3. The topological polar surface area (TPSA) is 61.7 Å². The predicted molar refractivity (Wildman–Crippen MR) is 94.9 cm³/mol. The molecule has 1 unspecified atom stereocenters. The van der Waals surface area contributed by atoms with Gasteiger partial charge in [0, 0.05) is 16.9 Å². The molecule has 2 fully saturated rings. The maximum atomic E-state index is 12.3. The van der Waals surface area contributed by atoms with Gasteiger partial charge in [-0.15, -0.1) is 0 Å². The molecule has 0 aliphatic heterocycles. The van der Waals surface area contributed by atoms with Crippen molar-refractivity contribution in [2.45, 2.75) is 32.6 Å². The lowest BCUT2D eigenvalue weighted by atomic mass is 10.0. The minimum absolute atomic E-state index is 0.0338. The number of carbonyl (C=O) groups is 1. The first kappa shape index (κ1) is 15.2. The van der Waals surface area contributed by atoms with Gasteiger partial charge in [0.15, 0.2) is 0 Å². The molecule has 2 aromatic carbocycles. The summed E-state index contributed by atoms with van der Waals surface area (Å²) < 4.78 is 0. The molecule has 2 aliphatic carbocycles. The van der Waals surface area contributed by atoms with E-state index in [0.29, 0.717) is 23.1 Å². The number of hydrogen-bond donors (Lipinski definition) is 2. The van der Waals surface area contributed by atoms with Crippen LogP contribution in [0.1, 0.15) is 38.2 Å². The Morgan fingerprint density at radius 3 is 2.58 bits per heavy atom. The highest BCUT2D eigenvalue weighted by molar-refractivity contribution is 6.06. The van der Waals surface area contributed by atoms with E-state index >= 15 is 0 Å². The first-order valence-electron chi connectivity index (χ1n) is 8.72. The van der Waals surface area contributed by atoms with E-state index in [1.165, 1.54) is 25.7 Å². The first-order chi connectivity index (χ1) is 11.7. The number of benzene rings is 2. The number of carbonyl (C=O) groups excluding carboxylic acids is 1. The summed E-state index contributed by atoms with van der Waals surface area (Å²) >= 11 is 0. The highest BCUT2D eigenvalue weighted by Crippen LogP contribution is 2.55. The molecular formula is C20H22N2O2. The maximum Gasteiger partial charge on any atom is 0.243 e. The quantitative estimate of drug-likeness (QED) is 0.666. The summed E-state index contributed by atoms with van der Waals surface area (Å²) in [6.07, 6.45) is 4.85. The summed E-state index contributed by atoms with van der Waals surface area (Å²) in [6, 6.07) is 11.5. The summed E-state index contributed by atoms with van der Waals surface area (Å²) in [6.45, 7) is 1.81. The minimum atomic E-state index is 0.0338. The first-order valence-corrected chi connectivity index (χ1v) is 8.72. The van der Waals surface area contributed by atoms with Gasteiger partial charge < -0.3 is 5.11 Å². The Labute approximate surface area is 141 Å².